The van der Waals surface area contributed by atoms with E-state index >= 15 is 0 Å². The normalized spacial score (nSPS) is 33.4. The fourth-order valence-electron chi connectivity index (χ4n) is 3.58. The quantitative estimate of drug-likeness (QED) is 0.801. The summed E-state index contributed by atoms with van der Waals surface area (Å²) in [5, 5.41) is 10.3. The number of nitrogens with zero attached hydrogens (tertiary/aromatic N) is 1. The Kier molecular flexibility index (Phi) is 4.83. The van der Waals surface area contributed by atoms with Gasteiger partial charge in [-0.2, -0.15) is 0 Å². The van der Waals surface area contributed by atoms with Crippen molar-refractivity contribution in [1.29, 1.82) is 0 Å². The maximum absolute atomic E-state index is 10.3. The molecule has 0 aromatic rings. The van der Waals surface area contributed by atoms with E-state index in [1.165, 1.54) is 19.3 Å². The van der Waals surface area contributed by atoms with Gasteiger partial charge in [-0.3, -0.25) is 4.90 Å². The average Bonchev–Trinajstić information content (AvgIpc) is 2.79. The van der Waals surface area contributed by atoms with Gasteiger partial charge in [-0.05, 0) is 32.1 Å². The van der Waals surface area contributed by atoms with Crippen molar-refractivity contribution in [3.05, 3.63) is 0 Å². The third-order valence-electron chi connectivity index (χ3n) is 4.40. The summed E-state index contributed by atoms with van der Waals surface area (Å²) in [7, 11) is 0. The number of rotatable bonds is 5. The molecule has 1 heterocycles. The molecular weight excluding hydrogens is 214 g/mol. The summed E-state index contributed by atoms with van der Waals surface area (Å²) in [6.07, 6.45) is 7.05. The fraction of sp³-hybridized carbons (Fsp3) is 1.00. The molecule has 0 aromatic carbocycles. The van der Waals surface area contributed by atoms with Gasteiger partial charge < -0.3 is 9.84 Å². The first-order valence-corrected chi connectivity index (χ1v) is 7.33. The van der Waals surface area contributed by atoms with E-state index in [9.17, 15) is 5.11 Å². The fourth-order valence-corrected chi connectivity index (χ4v) is 3.58. The third-order valence-corrected chi connectivity index (χ3v) is 4.40. The van der Waals surface area contributed by atoms with Gasteiger partial charge in [0.25, 0.3) is 0 Å². The van der Waals surface area contributed by atoms with Crippen molar-refractivity contribution in [2.24, 2.45) is 0 Å². The first-order valence-electron chi connectivity index (χ1n) is 7.33. The summed E-state index contributed by atoms with van der Waals surface area (Å²) in [6.45, 7) is 6.19. The Hall–Kier alpha value is -0.120. The van der Waals surface area contributed by atoms with Crippen LogP contribution in [0, 0.1) is 0 Å². The second kappa shape index (κ2) is 6.17. The van der Waals surface area contributed by atoms with Crippen molar-refractivity contribution in [1.82, 2.24) is 4.90 Å². The maximum atomic E-state index is 10.3. The number of ether oxygens (including phenoxy) is 1. The number of aliphatic hydroxyl groups is 1. The molecule has 3 nitrogen and oxygen atoms in total. The molecule has 2 fully saturated rings. The summed E-state index contributed by atoms with van der Waals surface area (Å²) in [6, 6.07) is 0.907. The van der Waals surface area contributed by atoms with Gasteiger partial charge in [0.05, 0.1) is 18.8 Å². The first-order chi connectivity index (χ1) is 8.27. The van der Waals surface area contributed by atoms with Crippen LogP contribution in [0.2, 0.25) is 0 Å². The van der Waals surface area contributed by atoms with Gasteiger partial charge in [0.15, 0.2) is 0 Å². The lowest BCUT2D eigenvalue weighted by Crippen LogP contribution is -2.56. The molecule has 0 aromatic heterocycles. The van der Waals surface area contributed by atoms with Gasteiger partial charge in [0.2, 0.25) is 0 Å². The highest BCUT2D eigenvalue weighted by atomic mass is 16.5. The van der Waals surface area contributed by atoms with E-state index in [2.05, 4.69) is 18.7 Å². The van der Waals surface area contributed by atoms with Crippen molar-refractivity contribution >= 4 is 0 Å². The van der Waals surface area contributed by atoms with Gasteiger partial charge >= 0.3 is 0 Å². The molecule has 4 unspecified atom stereocenters. The van der Waals surface area contributed by atoms with Crippen LogP contribution in [0.3, 0.4) is 0 Å². The Bertz CT molecular complexity index is 234. The molecule has 0 spiro atoms. The Balaban J connectivity index is 2.01. The first kappa shape index (κ1) is 13.3. The number of fused-ring (bicyclic) bond motifs is 1. The predicted octanol–water partition coefficient (Wildman–Crippen LogP) is 2.18. The molecule has 4 atom stereocenters. The lowest BCUT2D eigenvalue weighted by molar-refractivity contribution is -0.0932. The van der Waals surface area contributed by atoms with E-state index in [4.69, 9.17) is 4.74 Å². The molecule has 17 heavy (non-hydrogen) atoms. The van der Waals surface area contributed by atoms with Crippen LogP contribution in [0.1, 0.15) is 52.4 Å². The molecule has 1 saturated heterocycles. The van der Waals surface area contributed by atoms with Crippen LogP contribution in [0.5, 0.6) is 0 Å². The van der Waals surface area contributed by atoms with Crippen molar-refractivity contribution in [3.63, 3.8) is 0 Å². The van der Waals surface area contributed by atoms with Crippen LogP contribution in [0.25, 0.3) is 0 Å². The third kappa shape index (κ3) is 2.83. The van der Waals surface area contributed by atoms with Crippen LogP contribution >= 0.6 is 0 Å². The largest absolute Gasteiger partial charge is 0.391 e. The summed E-state index contributed by atoms with van der Waals surface area (Å²) in [4.78, 5) is 2.54. The molecule has 0 bridgehead atoms. The minimum Gasteiger partial charge on any atom is -0.391 e. The molecule has 2 rings (SSSR count). The molecule has 0 amide bonds. The monoisotopic (exact) mass is 241 g/mol. The van der Waals surface area contributed by atoms with Gasteiger partial charge in [-0.1, -0.05) is 20.3 Å². The Morgan fingerprint density at radius 3 is 2.88 bits per heavy atom. The second-order valence-corrected chi connectivity index (χ2v) is 5.48. The van der Waals surface area contributed by atoms with Crippen LogP contribution in [0.15, 0.2) is 0 Å². The van der Waals surface area contributed by atoms with Crippen LogP contribution in [0.4, 0.5) is 0 Å². The molecule has 100 valence electrons. The Morgan fingerprint density at radius 1 is 1.35 bits per heavy atom. The molecule has 3 heteroatoms. The highest BCUT2D eigenvalue weighted by Gasteiger charge is 2.40. The lowest BCUT2D eigenvalue weighted by atomic mass is 9.98. The summed E-state index contributed by atoms with van der Waals surface area (Å²) >= 11 is 0. The smallest absolute Gasteiger partial charge is 0.0731 e. The van der Waals surface area contributed by atoms with Crippen LogP contribution in [-0.4, -0.2) is 47.4 Å². The molecule has 1 N–H and O–H groups in total. The SMILES string of the molecule is CCCC(O)C(CC)N1CCOC2CCCC21. The molecule has 0 radical (unpaired) electrons. The van der Waals surface area contributed by atoms with E-state index in [1.54, 1.807) is 0 Å². The zero-order valence-corrected chi connectivity index (χ0v) is 11.3. The van der Waals surface area contributed by atoms with Crippen molar-refractivity contribution < 1.29 is 9.84 Å². The van der Waals surface area contributed by atoms with E-state index < -0.39 is 0 Å². The zero-order chi connectivity index (χ0) is 12.3. The molecule has 1 aliphatic carbocycles. The molecule has 1 aliphatic heterocycles. The number of hydrogen-bond acceptors (Lipinski definition) is 3. The number of aliphatic hydroxyl groups excluding tert-OH is 1. The Labute approximate surface area is 105 Å². The number of morpholine rings is 1. The van der Waals surface area contributed by atoms with Gasteiger partial charge in [-0.15, -0.1) is 0 Å². The number of hydrogen-bond donors (Lipinski definition) is 1. The van der Waals surface area contributed by atoms with Crippen molar-refractivity contribution in [2.75, 3.05) is 13.2 Å². The minimum absolute atomic E-state index is 0.163. The van der Waals surface area contributed by atoms with E-state index in [0.717, 1.165) is 32.4 Å². The predicted molar refractivity (Wildman–Crippen MR) is 69.1 cm³/mol. The molecular formula is C14H27NO2. The Morgan fingerprint density at radius 2 is 2.18 bits per heavy atom. The molecule has 1 saturated carbocycles. The topological polar surface area (TPSA) is 32.7 Å². The highest BCUT2D eigenvalue weighted by molar-refractivity contribution is 4.93. The maximum Gasteiger partial charge on any atom is 0.0731 e. The van der Waals surface area contributed by atoms with Gasteiger partial charge in [0, 0.05) is 18.6 Å². The van der Waals surface area contributed by atoms with Crippen LogP contribution < -0.4 is 0 Å². The van der Waals surface area contributed by atoms with E-state index in [1.807, 2.05) is 0 Å². The summed E-state index contributed by atoms with van der Waals surface area (Å²) < 4.78 is 5.84. The minimum atomic E-state index is -0.163. The van der Waals surface area contributed by atoms with Crippen molar-refractivity contribution in [2.45, 2.75) is 76.7 Å². The second-order valence-electron chi connectivity index (χ2n) is 5.48. The van der Waals surface area contributed by atoms with Gasteiger partial charge in [0.1, 0.15) is 0 Å². The highest BCUT2D eigenvalue weighted by Crippen LogP contribution is 2.32. The summed E-state index contributed by atoms with van der Waals surface area (Å²) in [5.41, 5.74) is 0. The van der Waals surface area contributed by atoms with Gasteiger partial charge in [-0.25, -0.2) is 0 Å². The van der Waals surface area contributed by atoms with Crippen LogP contribution in [-0.2, 0) is 4.74 Å². The average molecular weight is 241 g/mol. The lowest BCUT2D eigenvalue weighted by Gasteiger charge is -2.44. The van der Waals surface area contributed by atoms with E-state index in [0.29, 0.717) is 18.2 Å². The van der Waals surface area contributed by atoms with Crippen molar-refractivity contribution in [3.8, 4) is 0 Å². The standard InChI is InChI=1S/C14H27NO2/c1-3-6-13(16)11(4-2)15-9-10-17-14-8-5-7-12(14)15/h11-14,16H,3-10H2,1-2H3. The van der Waals surface area contributed by atoms with E-state index in [-0.39, 0.29) is 6.10 Å². The zero-order valence-electron chi connectivity index (χ0n) is 11.3. The summed E-state index contributed by atoms with van der Waals surface area (Å²) in [5.74, 6) is 0. The molecule has 2 aliphatic rings.